The molecule has 4 rings (SSSR count). The first-order valence-corrected chi connectivity index (χ1v) is 15.0. The van der Waals surface area contributed by atoms with Crippen molar-refractivity contribution in [3.8, 4) is 11.1 Å². The highest BCUT2D eigenvalue weighted by Crippen LogP contribution is 2.39. The Bertz CT molecular complexity index is 1410. The summed E-state index contributed by atoms with van der Waals surface area (Å²) in [5, 5.41) is 10.6. The number of benzene rings is 1. The van der Waals surface area contributed by atoms with Crippen LogP contribution in [0.15, 0.2) is 42.6 Å². The molecule has 0 bridgehead atoms. The van der Waals surface area contributed by atoms with Crippen molar-refractivity contribution in [3.05, 3.63) is 58.6 Å². The molecule has 2 aromatic heterocycles. The van der Waals surface area contributed by atoms with E-state index in [4.69, 9.17) is 4.79 Å². The molecule has 0 atom stereocenters. The zero-order chi connectivity index (χ0) is 31.2. The SMILES string of the molecule is Cc1ccc(Nc2sc(C(C)(C)C)cc2C(=O)N2CCNC(=O)C2(C)C)cc1-c1ccc(NCC(C)C)nc1.NC=O. The van der Waals surface area contributed by atoms with Gasteiger partial charge in [0, 0.05) is 42.0 Å². The van der Waals surface area contributed by atoms with Crippen LogP contribution < -0.4 is 21.7 Å². The number of carbonyl (C=O) groups is 3. The number of rotatable bonds is 7. The smallest absolute Gasteiger partial charge is 0.257 e. The number of primary amides is 1. The average molecular weight is 593 g/mol. The molecule has 0 aliphatic carbocycles. The van der Waals surface area contributed by atoms with Gasteiger partial charge in [0.2, 0.25) is 12.3 Å². The number of amides is 3. The lowest BCUT2D eigenvalue weighted by molar-refractivity contribution is -0.133. The van der Waals surface area contributed by atoms with Gasteiger partial charge in [-0.15, -0.1) is 11.3 Å². The van der Waals surface area contributed by atoms with Gasteiger partial charge in [-0.05, 0) is 73.6 Å². The lowest BCUT2D eigenvalue weighted by Crippen LogP contribution is -2.63. The molecule has 0 saturated carbocycles. The maximum atomic E-state index is 13.9. The quantitative estimate of drug-likeness (QED) is 0.261. The maximum absolute atomic E-state index is 13.9. The number of aromatic nitrogens is 1. The molecule has 42 heavy (non-hydrogen) atoms. The van der Waals surface area contributed by atoms with Gasteiger partial charge in [0.05, 0.1) is 5.56 Å². The minimum atomic E-state index is -0.920. The number of anilines is 3. The fourth-order valence-corrected chi connectivity index (χ4v) is 5.65. The van der Waals surface area contributed by atoms with Crippen molar-refractivity contribution in [2.24, 2.45) is 11.7 Å². The highest BCUT2D eigenvalue weighted by molar-refractivity contribution is 7.16. The first-order valence-electron chi connectivity index (χ1n) is 14.2. The van der Waals surface area contributed by atoms with Gasteiger partial charge < -0.3 is 26.6 Å². The molecule has 1 aromatic carbocycles. The van der Waals surface area contributed by atoms with Gasteiger partial charge in [0.1, 0.15) is 16.4 Å². The topological polar surface area (TPSA) is 129 Å². The first-order chi connectivity index (χ1) is 19.7. The van der Waals surface area contributed by atoms with Crippen LogP contribution in [0.5, 0.6) is 0 Å². The molecule has 3 heterocycles. The molecule has 3 aromatic rings. The van der Waals surface area contributed by atoms with E-state index in [0.717, 1.165) is 44.6 Å². The zero-order valence-electron chi connectivity index (χ0n) is 25.9. The van der Waals surface area contributed by atoms with Crippen LogP contribution in [0, 0.1) is 12.8 Å². The Morgan fingerprint density at radius 3 is 2.50 bits per heavy atom. The molecule has 226 valence electrons. The normalized spacial score (nSPS) is 14.5. The number of nitrogens with two attached hydrogens (primary N) is 1. The molecule has 5 N–H and O–H groups in total. The van der Waals surface area contributed by atoms with Gasteiger partial charge in [0.15, 0.2) is 0 Å². The second-order valence-corrected chi connectivity index (χ2v) is 13.4. The second kappa shape index (κ2) is 13.4. The van der Waals surface area contributed by atoms with Crippen molar-refractivity contribution < 1.29 is 14.4 Å². The number of aryl methyl sites for hydroxylation is 1. The largest absolute Gasteiger partial charge is 0.372 e. The third-order valence-corrected chi connectivity index (χ3v) is 8.54. The van der Waals surface area contributed by atoms with Crippen LogP contribution >= 0.6 is 11.3 Å². The molecular weight excluding hydrogens is 548 g/mol. The number of thiophene rings is 1. The van der Waals surface area contributed by atoms with Gasteiger partial charge in [-0.2, -0.15) is 0 Å². The minimum absolute atomic E-state index is 0.121. The van der Waals surface area contributed by atoms with Crippen LogP contribution in [-0.4, -0.2) is 53.3 Å². The third kappa shape index (κ3) is 7.67. The number of hydrogen-bond donors (Lipinski definition) is 4. The lowest BCUT2D eigenvalue weighted by atomic mass is 9.93. The summed E-state index contributed by atoms with van der Waals surface area (Å²) in [4.78, 5) is 42.4. The van der Waals surface area contributed by atoms with E-state index in [9.17, 15) is 9.59 Å². The van der Waals surface area contributed by atoms with E-state index >= 15 is 0 Å². The lowest BCUT2D eigenvalue weighted by Gasteiger charge is -2.41. The monoisotopic (exact) mass is 592 g/mol. The zero-order valence-corrected chi connectivity index (χ0v) is 26.7. The summed E-state index contributed by atoms with van der Waals surface area (Å²) in [5.41, 5.74) is 7.87. The number of hydrogen-bond acceptors (Lipinski definition) is 7. The van der Waals surface area contributed by atoms with Gasteiger partial charge in [-0.1, -0.05) is 40.7 Å². The molecule has 3 amide bonds. The molecular formula is C32H44N6O3S. The van der Waals surface area contributed by atoms with E-state index in [1.165, 1.54) is 0 Å². The van der Waals surface area contributed by atoms with Crippen LogP contribution in [0.2, 0.25) is 0 Å². The van der Waals surface area contributed by atoms with Crippen LogP contribution in [-0.2, 0) is 15.0 Å². The third-order valence-electron chi connectivity index (χ3n) is 7.06. The fourth-order valence-electron chi connectivity index (χ4n) is 4.52. The van der Waals surface area contributed by atoms with Gasteiger partial charge >= 0.3 is 0 Å². The number of pyridine rings is 1. The molecule has 0 radical (unpaired) electrons. The van der Waals surface area contributed by atoms with Crippen LogP contribution in [0.3, 0.4) is 0 Å². The highest BCUT2D eigenvalue weighted by atomic mass is 32.1. The van der Waals surface area contributed by atoms with E-state index in [0.29, 0.717) is 24.6 Å². The van der Waals surface area contributed by atoms with E-state index in [1.54, 1.807) is 30.1 Å². The summed E-state index contributed by atoms with van der Waals surface area (Å²) in [5.74, 6) is 1.14. The minimum Gasteiger partial charge on any atom is -0.372 e. The molecule has 9 nitrogen and oxygen atoms in total. The summed E-state index contributed by atoms with van der Waals surface area (Å²) in [6.45, 7) is 18.3. The van der Waals surface area contributed by atoms with E-state index in [1.807, 2.05) is 24.4 Å². The Kier molecular flexibility index (Phi) is 10.4. The second-order valence-electron chi connectivity index (χ2n) is 12.4. The molecule has 0 spiro atoms. The average Bonchev–Trinajstić information content (AvgIpc) is 3.35. The summed E-state index contributed by atoms with van der Waals surface area (Å²) in [6.07, 6.45) is 2.15. The fraction of sp³-hybridized carbons (Fsp3) is 0.438. The summed E-state index contributed by atoms with van der Waals surface area (Å²) in [7, 11) is 0. The standard InChI is InChI=1S/C31H41N5O2S.CH3NO/c1-19(2)17-33-26-12-10-21(18-34-26)23-15-22(11-9-20(23)3)35-27-24(16-25(39-27)30(4,5)6)28(37)36-14-13-32-29(38)31(36,7)8;2-1-3/h9-12,15-16,18-19,35H,13-14,17H2,1-8H3,(H,32,38)(H,33,34);1H,(H2,2,3). The Balaban J connectivity index is 0.00000155. The van der Waals surface area contributed by atoms with Crippen molar-refractivity contribution >= 4 is 46.1 Å². The van der Waals surface area contributed by atoms with E-state index < -0.39 is 5.54 Å². The Labute approximate surface area is 253 Å². The predicted molar refractivity (Wildman–Crippen MR) is 172 cm³/mol. The summed E-state index contributed by atoms with van der Waals surface area (Å²) < 4.78 is 0. The molecule has 1 fully saturated rings. The van der Waals surface area contributed by atoms with E-state index in [-0.39, 0.29) is 23.6 Å². The maximum Gasteiger partial charge on any atom is 0.257 e. The molecule has 1 aliphatic rings. The highest BCUT2D eigenvalue weighted by Gasteiger charge is 2.41. The first kappa shape index (κ1) is 32.6. The van der Waals surface area contributed by atoms with Crippen molar-refractivity contribution in [3.63, 3.8) is 0 Å². The molecule has 0 unspecified atom stereocenters. The summed E-state index contributed by atoms with van der Waals surface area (Å²) >= 11 is 1.59. The van der Waals surface area contributed by atoms with E-state index in [2.05, 4.69) is 86.4 Å². The molecule has 1 aliphatic heterocycles. The molecule has 10 heteroatoms. The van der Waals surface area contributed by atoms with Gasteiger partial charge in [-0.3, -0.25) is 14.4 Å². The number of carbonyl (C=O) groups excluding carboxylic acids is 3. The Morgan fingerprint density at radius 1 is 1.21 bits per heavy atom. The predicted octanol–water partition coefficient (Wildman–Crippen LogP) is 5.68. The van der Waals surface area contributed by atoms with Crippen molar-refractivity contribution in [2.45, 2.75) is 66.3 Å². The van der Waals surface area contributed by atoms with Crippen LogP contribution in [0.1, 0.15) is 69.3 Å². The van der Waals surface area contributed by atoms with Crippen LogP contribution in [0.25, 0.3) is 11.1 Å². The number of nitrogens with one attached hydrogen (secondary N) is 3. The van der Waals surface area contributed by atoms with Gasteiger partial charge in [-0.25, -0.2) is 4.98 Å². The van der Waals surface area contributed by atoms with Gasteiger partial charge in [0.25, 0.3) is 5.91 Å². The van der Waals surface area contributed by atoms with Crippen molar-refractivity contribution in [2.75, 3.05) is 30.3 Å². The number of piperazine rings is 1. The molecule has 1 saturated heterocycles. The van der Waals surface area contributed by atoms with Crippen molar-refractivity contribution in [1.29, 1.82) is 0 Å². The summed E-state index contributed by atoms with van der Waals surface area (Å²) in [6, 6.07) is 12.3. The Morgan fingerprint density at radius 2 is 1.90 bits per heavy atom. The van der Waals surface area contributed by atoms with Crippen molar-refractivity contribution in [1.82, 2.24) is 15.2 Å². The van der Waals surface area contributed by atoms with Crippen LogP contribution in [0.4, 0.5) is 16.5 Å². The number of nitrogens with zero attached hydrogens (tertiary/aromatic N) is 2. The Hall–Kier alpha value is -3.92.